The van der Waals surface area contributed by atoms with Crippen LogP contribution in [0.4, 0.5) is 0 Å². The number of likely N-dealkylation sites (tertiary alicyclic amines) is 1. The van der Waals surface area contributed by atoms with Crippen molar-refractivity contribution in [3.05, 3.63) is 35.9 Å². The summed E-state index contributed by atoms with van der Waals surface area (Å²) in [7, 11) is 1.71. The number of thiocarbonyl (C=S) groups is 1. The molecule has 1 atom stereocenters. The van der Waals surface area contributed by atoms with E-state index in [1.54, 1.807) is 7.05 Å². The first-order chi connectivity index (χ1) is 9.65. The average Bonchev–Trinajstić information content (AvgIpc) is 2.47. The van der Waals surface area contributed by atoms with Gasteiger partial charge in [-0.05, 0) is 24.2 Å². The van der Waals surface area contributed by atoms with Crippen molar-refractivity contribution in [3.8, 4) is 0 Å². The summed E-state index contributed by atoms with van der Waals surface area (Å²) in [6, 6.07) is 10.3. The van der Waals surface area contributed by atoms with Crippen LogP contribution in [0.2, 0.25) is 0 Å². The molecule has 5 heteroatoms. The third kappa shape index (κ3) is 2.51. The second-order valence-corrected chi connectivity index (χ2v) is 5.67. The Morgan fingerprint density at radius 3 is 2.85 bits per heavy atom. The molecule has 2 aliphatic rings. The van der Waals surface area contributed by atoms with Gasteiger partial charge in [0.05, 0.1) is 5.92 Å². The highest BCUT2D eigenvalue weighted by atomic mass is 32.1. The number of benzene rings is 1. The summed E-state index contributed by atoms with van der Waals surface area (Å²) in [6.07, 6.45) is 0.831. The van der Waals surface area contributed by atoms with Gasteiger partial charge < -0.3 is 0 Å². The number of rotatable bonds is 2. The van der Waals surface area contributed by atoms with E-state index >= 15 is 0 Å². The summed E-state index contributed by atoms with van der Waals surface area (Å²) in [4.78, 5) is 20.5. The molecule has 1 saturated heterocycles. The molecule has 3 rings (SSSR count). The predicted molar refractivity (Wildman–Crippen MR) is 82.6 cm³/mol. The molecule has 1 aromatic carbocycles. The molecule has 0 bridgehead atoms. The number of hydrogen-bond donors (Lipinski definition) is 0. The van der Waals surface area contributed by atoms with E-state index in [0.717, 1.165) is 31.8 Å². The Kier molecular flexibility index (Phi) is 3.63. The maximum atomic E-state index is 12.3. The number of hydrogen-bond acceptors (Lipinski definition) is 3. The van der Waals surface area contributed by atoms with Gasteiger partial charge in [-0.3, -0.25) is 14.6 Å². The lowest BCUT2D eigenvalue weighted by Gasteiger charge is -2.37. The molecule has 0 spiro atoms. The molecule has 2 heterocycles. The zero-order valence-electron chi connectivity index (χ0n) is 11.5. The summed E-state index contributed by atoms with van der Waals surface area (Å²) in [6.45, 7) is 2.55. The van der Waals surface area contributed by atoms with Crippen molar-refractivity contribution < 1.29 is 4.79 Å². The quantitative estimate of drug-likeness (QED) is 0.777. The number of nitrogens with zero attached hydrogens (tertiary/aromatic N) is 3. The van der Waals surface area contributed by atoms with Gasteiger partial charge in [-0.15, -0.1) is 0 Å². The van der Waals surface area contributed by atoms with Crippen LogP contribution in [-0.2, 0) is 11.3 Å². The average molecular weight is 287 g/mol. The van der Waals surface area contributed by atoms with Gasteiger partial charge in [-0.1, -0.05) is 30.3 Å². The van der Waals surface area contributed by atoms with Crippen LogP contribution in [0.15, 0.2) is 35.3 Å². The third-order valence-electron chi connectivity index (χ3n) is 3.93. The first-order valence-corrected chi connectivity index (χ1v) is 7.21. The van der Waals surface area contributed by atoms with Gasteiger partial charge in [0.15, 0.2) is 0 Å². The van der Waals surface area contributed by atoms with Crippen LogP contribution in [0.3, 0.4) is 0 Å². The fourth-order valence-electron chi connectivity index (χ4n) is 2.77. The summed E-state index contributed by atoms with van der Waals surface area (Å²) in [5, 5.41) is 0.401. The molecule has 4 nitrogen and oxygen atoms in total. The third-order valence-corrected chi connectivity index (χ3v) is 4.30. The van der Waals surface area contributed by atoms with E-state index in [1.807, 2.05) is 18.2 Å². The fraction of sp³-hybridized carbons (Fsp3) is 0.400. The van der Waals surface area contributed by atoms with Crippen LogP contribution < -0.4 is 0 Å². The standard InChI is InChI=1S/C15H17N3OS/c1-17-14(19)12-10-18(8-7-13(12)16-15(17)20)9-11-5-3-2-4-6-11/h2-6,12H,7-10H2,1H3. The minimum absolute atomic E-state index is 0.0813. The zero-order valence-corrected chi connectivity index (χ0v) is 12.3. The van der Waals surface area contributed by atoms with Crippen LogP contribution >= 0.6 is 12.2 Å². The Labute approximate surface area is 124 Å². The van der Waals surface area contributed by atoms with Gasteiger partial charge in [-0.25, -0.2) is 4.99 Å². The molecule has 20 heavy (non-hydrogen) atoms. The Morgan fingerprint density at radius 1 is 1.35 bits per heavy atom. The van der Waals surface area contributed by atoms with E-state index in [0.29, 0.717) is 5.11 Å². The van der Waals surface area contributed by atoms with Gasteiger partial charge in [0.2, 0.25) is 11.0 Å². The minimum Gasteiger partial charge on any atom is -0.298 e. The van der Waals surface area contributed by atoms with Gasteiger partial charge in [0.1, 0.15) is 0 Å². The molecular formula is C15H17N3OS. The maximum Gasteiger partial charge on any atom is 0.238 e. The van der Waals surface area contributed by atoms with E-state index in [2.05, 4.69) is 22.0 Å². The zero-order chi connectivity index (χ0) is 14.1. The van der Waals surface area contributed by atoms with Crippen molar-refractivity contribution in [1.29, 1.82) is 0 Å². The highest BCUT2D eigenvalue weighted by molar-refractivity contribution is 7.80. The van der Waals surface area contributed by atoms with Gasteiger partial charge in [0.25, 0.3) is 0 Å². The summed E-state index contributed by atoms with van der Waals surface area (Å²) in [5.41, 5.74) is 2.24. The van der Waals surface area contributed by atoms with Crippen molar-refractivity contribution in [3.63, 3.8) is 0 Å². The fourth-order valence-corrected chi connectivity index (χ4v) is 2.97. The summed E-state index contributed by atoms with van der Waals surface area (Å²) in [5.74, 6) is -0.0399. The van der Waals surface area contributed by atoms with E-state index < -0.39 is 0 Å². The number of amides is 1. The minimum atomic E-state index is -0.121. The molecule has 1 unspecified atom stereocenters. The van der Waals surface area contributed by atoms with Crippen molar-refractivity contribution in [2.45, 2.75) is 13.0 Å². The van der Waals surface area contributed by atoms with Gasteiger partial charge in [-0.2, -0.15) is 0 Å². The summed E-state index contributed by atoms with van der Waals surface area (Å²) >= 11 is 5.11. The van der Waals surface area contributed by atoms with Crippen LogP contribution in [0, 0.1) is 5.92 Å². The normalized spacial score (nSPS) is 23.6. The van der Waals surface area contributed by atoms with Crippen LogP contribution in [-0.4, -0.2) is 46.7 Å². The van der Waals surface area contributed by atoms with Crippen LogP contribution in [0.1, 0.15) is 12.0 Å². The Morgan fingerprint density at radius 2 is 2.10 bits per heavy atom. The number of fused-ring (bicyclic) bond motifs is 1. The molecule has 1 amide bonds. The highest BCUT2D eigenvalue weighted by Crippen LogP contribution is 2.22. The monoisotopic (exact) mass is 287 g/mol. The number of carbonyl (C=O) groups excluding carboxylic acids is 1. The topological polar surface area (TPSA) is 35.9 Å². The highest BCUT2D eigenvalue weighted by Gasteiger charge is 2.37. The van der Waals surface area contributed by atoms with Crippen LogP contribution in [0.5, 0.6) is 0 Å². The summed E-state index contributed by atoms with van der Waals surface area (Å²) < 4.78 is 0. The Hall–Kier alpha value is -1.59. The Bertz CT molecular complexity index is 570. The number of piperidine rings is 1. The van der Waals surface area contributed by atoms with Crippen molar-refractivity contribution >= 4 is 28.9 Å². The molecule has 2 aliphatic heterocycles. The Balaban J connectivity index is 1.73. The lowest BCUT2D eigenvalue weighted by Crippen LogP contribution is -2.52. The second-order valence-electron chi connectivity index (χ2n) is 5.31. The van der Waals surface area contributed by atoms with Gasteiger partial charge >= 0.3 is 0 Å². The lowest BCUT2D eigenvalue weighted by molar-refractivity contribution is -0.129. The first kappa shape index (κ1) is 13.4. The molecule has 0 aromatic heterocycles. The predicted octanol–water partition coefficient (Wildman–Crippen LogP) is 1.71. The smallest absolute Gasteiger partial charge is 0.238 e. The largest absolute Gasteiger partial charge is 0.298 e. The first-order valence-electron chi connectivity index (χ1n) is 6.80. The van der Waals surface area contributed by atoms with E-state index in [1.165, 1.54) is 10.5 Å². The SMILES string of the molecule is CN1C(=O)C2CN(Cc3ccccc3)CCC2=NC1=S. The molecule has 0 radical (unpaired) electrons. The maximum absolute atomic E-state index is 12.3. The molecule has 0 saturated carbocycles. The van der Waals surface area contributed by atoms with E-state index in [4.69, 9.17) is 12.2 Å². The van der Waals surface area contributed by atoms with Gasteiger partial charge in [0, 0.05) is 32.4 Å². The molecule has 1 aromatic rings. The lowest BCUT2D eigenvalue weighted by atomic mass is 9.92. The van der Waals surface area contributed by atoms with Crippen LogP contribution in [0.25, 0.3) is 0 Å². The van der Waals surface area contributed by atoms with Crippen molar-refractivity contribution in [1.82, 2.24) is 9.80 Å². The van der Waals surface area contributed by atoms with Crippen molar-refractivity contribution in [2.75, 3.05) is 20.1 Å². The molecule has 1 fully saturated rings. The molecule has 0 aliphatic carbocycles. The molecule has 104 valence electrons. The number of carbonyl (C=O) groups is 1. The molecular weight excluding hydrogens is 270 g/mol. The molecule has 0 N–H and O–H groups in total. The van der Waals surface area contributed by atoms with E-state index in [9.17, 15) is 4.79 Å². The number of aliphatic imine (C=N–C) groups is 1. The van der Waals surface area contributed by atoms with Crippen molar-refractivity contribution in [2.24, 2.45) is 10.9 Å². The van der Waals surface area contributed by atoms with E-state index in [-0.39, 0.29) is 11.8 Å². The second kappa shape index (κ2) is 5.42.